The van der Waals surface area contributed by atoms with Gasteiger partial charge in [0.15, 0.2) is 0 Å². The molecule has 0 saturated carbocycles. The number of aliphatic hydroxyl groups excluding tert-OH is 1. The minimum atomic E-state index is -3.58. The van der Waals surface area contributed by atoms with Crippen LogP contribution in [0.1, 0.15) is 12.0 Å². The van der Waals surface area contributed by atoms with Gasteiger partial charge in [0.05, 0.1) is 17.0 Å². The standard InChI is InChI=1S/C16H18N2O3S/c19-16-8-11-18(15(16)12-13-6-9-17-10-7-13)22(20,21)14-4-2-1-3-5-14/h1-7,9-10,15-16,19H,8,11-12H2/t15-,16-/m1/s1. The Morgan fingerprint density at radius 2 is 1.82 bits per heavy atom. The van der Waals surface area contributed by atoms with Gasteiger partial charge in [0.2, 0.25) is 10.0 Å². The van der Waals surface area contributed by atoms with Crippen LogP contribution in [0, 0.1) is 0 Å². The molecule has 116 valence electrons. The summed E-state index contributed by atoms with van der Waals surface area (Å²) < 4.78 is 27.0. The van der Waals surface area contributed by atoms with E-state index in [1.807, 2.05) is 12.1 Å². The maximum atomic E-state index is 12.8. The van der Waals surface area contributed by atoms with Crippen molar-refractivity contribution in [2.24, 2.45) is 0 Å². The highest BCUT2D eigenvalue weighted by Crippen LogP contribution is 2.28. The van der Waals surface area contributed by atoms with Gasteiger partial charge >= 0.3 is 0 Å². The summed E-state index contributed by atoms with van der Waals surface area (Å²) in [5, 5.41) is 10.2. The van der Waals surface area contributed by atoms with Crippen molar-refractivity contribution in [3.05, 3.63) is 60.4 Å². The van der Waals surface area contributed by atoms with E-state index < -0.39 is 22.2 Å². The van der Waals surface area contributed by atoms with Gasteiger partial charge in [-0.3, -0.25) is 4.98 Å². The van der Waals surface area contributed by atoms with Crippen molar-refractivity contribution >= 4 is 10.0 Å². The molecule has 1 aliphatic heterocycles. The minimum Gasteiger partial charge on any atom is -0.391 e. The summed E-state index contributed by atoms with van der Waals surface area (Å²) >= 11 is 0. The van der Waals surface area contributed by atoms with Crippen LogP contribution < -0.4 is 0 Å². The fourth-order valence-electron chi connectivity index (χ4n) is 2.83. The van der Waals surface area contributed by atoms with Gasteiger partial charge in [-0.05, 0) is 42.7 Å². The van der Waals surface area contributed by atoms with E-state index in [9.17, 15) is 13.5 Å². The zero-order chi connectivity index (χ0) is 15.6. The summed E-state index contributed by atoms with van der Waals surface area (Å²) in [7, 11) is -3.58. The van der Waals surface area contributed by atoms with Gasteiger partial charge in [-0.15, -0.1) is 0 Å². The number of hydrogen-bond acceptors (Lipinski definition) is 4. The maximum absolute atomic E-state index is 12.8. The van der Waals surface area contributed by atoms with Crippen molar-refractivity contribution in [3.8, 4) is 0 Å². The number of nitrogens with zero attached hydrogens (tertiary/aromatic N) is 2. The second-order valence-corrected chi connectivity index (χ2v) is 7.30. The van der Waals surface area contributed by atoms with E-state index in [1.165, 1.54) is 4.31 Å². The first kappa shape index (κ1) is 15.1. The second kappa shape index (κ2) is 6.16. The molecule has 1 aromatic carbocycles. The van der Waals surface area contributed by atoms with Crippen molar-refractivity contribution in [1.29, 1.82) is 0 Å². The first-order chi connectivity index (χ1) is 10.6. The van der Waals surface area contributed by atoms with E-state index in [0.29, 0.717) is 19.4 Å². The number of rotatable bonds is 4. The van der Waals surface area contributed by atoms with Gasteiger partial charge in [-0.25, -0.2) is 8.42 Å². The molecule has 0 spiro atoms. The quantitative estimate of drug-likeness (QED) is 0.926. The molecule has 0 radical (unpaired) electrons. The van der Waals surface area contributed by atoms with Crippen LogP contribution in [0.15, 0.2) is 59.8 Å². The summed E-state index contributed by atoms with van der Waals surface area (Å²) in [6, 6.07) is 11.6. The molecule has 1 saturated heterocycles. The SMILES string of the molecule is O=S(=O)(c1ccccc1)N1CC[C@@H](O)[C@H]1Cc1ccncc1. The van der Waals surface area contributed by atoms with E-state index >= 15 is 0 Å². The van der Waals surface area contributed by atoms with Crippen LogP contribution in [0.2, 0.25) is 0 Å². The number of aliphatic hydroxyl groups is 1. The Morgan fingerprint density at radius 1 is 1.14 bits per heavy atom. The van der Waals surface area contributed by atoms with Crippen molar-refractivity contribution < 1.29 is 13.5 Å². The molecule has 5 nitrogen and oxygen atoms in total. The molecule has 0 bridgehead atoms. The molecule has 2 aromatic rings. The summed E-state index contributed by atoms with van der Waals surface area (Å²) in [6.07, 6.45) is 3.64. The average molecular weight is 318 g/mol. The molecule has 1 aliphatic rings. The normalized spacial score (nSPS) is 22.8. The molecule has 1 N–H and O–H groups in total. The van der Waals surface area contributed by atoms with Gasteiger partial charge < -0.3 is 5.11 Å². The van der Waals surface area contributed by atoms with E-state index in [4.69, 9.17) is 0 Å². The number of sulfonamides is 1. The van der Waals surface area contributed by atoms with E-state index in [1.54, 1.807) is 42.7 Å². The lowest BCUT2D eigenvalue weighted by Gasteiger charge is -2.25. The largest absolute Gasteiger partial charge is 0.391 e. The average Bonchev–Trinajstić information content (AvgIpc) is 2.91. The van der Waals surface area contributed by atoms with Crippen molar-refractivity contribution in [3.63, 3.8) is 0 Å². The molecule has 2 heterocycles. The summed E-state index contributed by atoms with van der Waals surface area (Å²) in [6.45, 7) is 0.341. The third-order valence-corrected chi connectivity index (χ3v) is 5.94. The van der Waals surface area contributed by atoms with Gasteiger partial charge in [0.1, 0.15) is 0 Å². The van der Waals surface area contributed by atoms with Gasteiger partial charge in [-0.2, -0.15) is 4.31 Å². The maximum Gasteiger partial charge on any atom is 0.243 e. The third kappa shape index (κ3) is 2.90. The van der Waals surface area contributed by atoms with Crippen LogP contribution in [0.4, 0.5) is 0 Å². The first-order valence-electron chi connectivity index (χ1n) is 7.23. The Bertz CT molecular complexity index is 720. The Labute approximate surface area is 130 Å². The molecule has 2 atom stereocenters. The van der Waals surface area contributed by atoms with Crippen LogP contribution in [0.3, 0.4) is 0 Å². The molecule has 6 heteroatoms. The second-order valence-electron chi connectivity index (χ2n) is 5.41. The zero-order valence-electron chi connectivity index (χ0n) is 12.0. The molecule has 22 heavy (non-hydrogen) atoms. The van der Waals surface area contributed by atoms with Gasteiger partial charge in [-0.1, -0.05) is 18.2 Å². The number of hydrogen-bond donors (Lipinski definition) is 1. The lowest BCUT2D eigenvalue weighted by atomic mass is 10.0. The van der Waals surface area contributed by atoms with E-state index in [-0.39, 0.29) is 4.90 Å². The Balaban J connectivity index is 1.89. The lowest BCUT2D eigenvalue weighted by molar-refractivity contribution is 0.142. The minimum absolute atomic E-state index is 0.267. The summed E-state index contributed by atoms with van der Waals surface area (Å²) in [5.74, 6) is 0. The van der Waals surface area contributed by atoms with E-state index in [0.717, 1.165) is 5.56 Å². The third-order valence-electron chi connectivity index (χ3n) is 4.00. The highest BCUT2D eigenvalue weighted by atomic mass is 32.2. The summed E-state index contributed by atoms with van der Waals surface area (Å²) in [4.78, 5) is 4.23. The number of aromatic nitrogens is 1. The topological polar surface area (TPSA) is 70.5 Å². The molecular formula is C16H18N2O3S. The van der Waals surface area contributed by atoms with Crippen LogP contribution in [0.5, 0.6) is 0 Å². The smallest absolute Gasteiger partial charge is 0.243 e. The Hall–Kier alpha value is -1.76. The highest BCUT2D eigenvalue weighted by molar-refractivity contribution is 7.89. The molecule has 0 aliphatic carbocycles. The molecule has 0 unspecified atom stereocenters. The van der Waals surface area contributed by atoms with Crippen LogP contribution in [-0.2, 0) is 16.4 Å². The Morgan fingerprint density at radius 3 is 2.50 bits per heavy atom. The van der Waals surface area contributed by atoms with Crippen LogP contribution in [0.25, 0.3) is 0 Å². The Kier molecular flexibility index (Phi) is 4.24. The molecular weight excluding hydrogens is 300 g/mol. The zero-order valence-corrected chi connectivity index (χ0v) is 12.9. The van der Waals surface area contributed by atoms with Crippen LogP contribution >= 0.6 is 0 Å². The lowest BCUT2D eigenvalue weighted by Crippen LogP contribution is -2.41. The van der Waals surface area contributed by atoms with Crippen molar-refractivity contribution in [2.45, 2.75) is 29.9 Å². The predicted octanol–water partition coefficient (Wildman–Crippen LogP) is 1.45. The van der Waals surface area contributed by atoms with Crippen molar-refractivity contribution in [1.82, 2.24) is 9.29 Å². The molecule has 1 fully saturated rings. The molecule has 3 rings (SSSR count). The fraction of sp³-hybridized carbons (Fsp3) is 0.312. The predicted molar refractivity (Wildman–Crippen MR) is 82.7 cm³/mol. The molecule has 0 amide bonds. The monoisotopic (exact) mass is 318 g/mol. The van der Waals surface area contributed by atoms with Gasteiger partial charge in [0.25, 0.3) is 0 Å². The summed E-state index contributed by atoms with van der Waals surface area (Å²) in [5.41, 5.74) is 0.967. The highest BCUT2D eigenvalue weighted by Gasteiger charge is 2.40. The van der Waals surface area contributed by atoms with Crippen molar-refractivity contribution in [2.75, 3.05) is 6.54 Å². The first-order valence-corrected chi connectivity index (χ1v) is 8.67. The number of benzene rings is 1. The van der Waals surface area contributed by atoms with E-state index in [2.05, 4.69) is 4.98 Å². The number of pyridine rings is 1. The van der Waals surface area contributed by atoms with Crippen LogP contribution in [-0.4, -0.2) is 41.5 Å². The van der Waals surface area contributed by atoms with Gasteiger partial charge in [0, 0.05) is 18.9 Å². The molecule has 1 aromatic heterocycles. The fourth-order valence-corrected chi connectivity index (χ4v) is 4.52.